The van der Waals surface area contributed by atoms with E-state index in [0.717, 1.165) is 18.0 Å². The summed E-state index contributed by atoms with van der Waals surface area (Å²) in [5.74, 6) is 1.71. The van der Waals surface area contributed by atoms with Crippen LogP contribution in [-0.2, 0) is 0 Å². The molecule has 0 bridgehead atoms. The maximum atomic E-state index is 8.87. The molecule has 15 heavy (non-hydrogen) atoms. The molecule has 4 heteroatoms. The summed E-state index contributed by atoms with van der Waals surface area (Å²) in [6.45, 7) is 3.06. The molecule has 0 saturated heterocycles. The van der Waals surface area contributed by atoms with Gasteiger partial charge in [-0.15, -0.1) is 0 Å². The van der Waals surface area contributed by atoms with Crippen molar-refractivity contribution < 1.29 is 0 Å². The molecular weight excluding hydrogens is 206 g/mol. The zero-order valence-corrected chi connectivity index (χ0v) is 9.84. The Kier molecular flexibility index (Phi) is 4.99. The average molecular weight is 221 g/mol. The number of pyridine rings is 1. The van der Waals surface area contributed by atoms with E-state index in [1.807, 2.05) is 11.8 Å². The molecule has 80 valence electrons. The second kappa shape index (κ2) is 6.31. The highest BCUT2D eigenvalue weighted by Crippen LogP contribution is 2.13. The highest BCUT2D eigenvalue weighted by atomic mass is 32.2. The van der Waals surface area contributed by atoms with Gasteiger partial charge in [0.2, 0.25) is 0 Å². The van der Waals surface area contributed by atoms with E-state index in [-0.39, 0.29) is 0 Å². The second-order valence-corrected chi connectivity index (χ2v) is 4.39. The van der Waals surface area contributed by atoms with Crippen molar-refractivity contribution in [3.8, 4) is 6.07 Å². The van der Waals surface area contributed by atoms with Crippen LogP contribution in [0.1, 0.15) is 12.5 Å². The Morgan fingerprint density at radius 3 is 3.13 bits per heavy atom. The van der Waals surface area contributed by atoms with Crippen molar-refractivity contribution in [2.24, 2.45) is 5.92 Å². The lowest BCUT2D eigenvalue weighted by molar-refractivity contribution is 0.701. The molecule has 1 rings (SSSR count). The summed E-state index contributed by atoms with van der Waals surface area (Å²) >= 11 is 1.83. The second-order valence-electron chi connectivity index (χ2n) is 3.47. The summed E-state index contributed by atoms with van der Waals surface area (Å²) in [4.78, 5) is 4.00. The van der Waals surface area contributed by atoms with Crippen molar-refractivity contribution in [3.63, 3.8) is 0 Å². The lowest BCUT2D eigenvalue weighted by Crippen LogP contribution is -2.14. The Balaban J connectivity index is 2.54. The first kappa shape index (κ1) is 11.9. The van der Waals surface area contributed by atoms with Crippen LogP contribution in [0.15, 0.2) is 18.5 Å². The molecule has 1 heterocycles. The predicted octanol–water partition coefficient (Wildman–Crippen LogP) is 2.36. The molecule has 0 amide bonds. The van der Waals surface area contributed by atoms with Gasteiger partial charge in [0.25, 0.3) is 0 Å². The van der Waals surface area contributed by atoms with Gasteiger partial charge in [0.15, 0.2) is 0 Å². The topological polar surface area (TPSA) is 48.7 Å². The van der Waals surface area contributed by atoms with E-state index in [4.69, 9.17) is 5.26 Å². The van der Waals surface area contributed by atoms with Gasteiger partial charge in [-0.25, -0.2) is 0 Å². The van der Waals surface area contributed by atoms with Crippen LogP contribution in [0, 0.1) is 17.2 Å². The molecule has 0 aliphatic carbocycles. The molecule has 1 N–H and O–H groups in total. The lowest BCUT2D eigenvalue weighted by Gasteiger charge is -2.12. The molecule has 0 fully saturated rings. The van der Waals surface area contributed by atoms with E-state index in [1.165, 1.54) is 0 Å². The number of nitrogens with one attached hydrogen (secondary N) is 1. The Morgan fingerprint density at radius 1 is 1.67 bits per heavy atom. The van der Waals surface area contributed by atoms with Crippen LogP contribution in [0.2, 0.25) is 0 Å². The molecule has 0 aromatic carbocycles. The minimum atomic E-state index is 0.590. The Bertz CT molecular complexity index is 346. The standard InChI is InChI=1S/C11H15N3S/c1-9(8-15-2)6-14-11-7-13-4-3-10(11)5-12/h3-4,7,9,14H,6,8H2,1-2H3. The molecule has 1 unspecified atom stereocenters. The number of nitrogens with zero attached hydrogens (tertiary/aromatic N) is 2. The van der Waals surface area contributed by atoms with Crippen LogP contribution < -0.4 is 5.32 Å². The third kappa shape index (κ3) is 3.80. The number of nitriles is 1. The highest BCUT2D eigenvalue weighted by Gasteiger charge is 2.03. The molecule has 0 aliphatic heterocycles. The molecule has 1 aromatic heterocycles. The first-order chi connectivity index (χ1) is 7.27. The van der Waals surface area contributed by atoms with Crippen molar-refractivity contribution >= 4 is 17.4 Å². The number of hydrogen-bond acceptors (Lipinski definition) is 4. The van der Waals surface area contributed by atoms with Gasteiger partial charge in [-0.2, -0.15) is 17.0 Å². The first-order valence-corrected chi connectivity index (χ1v) is 6.24. The van der Waals surface area contributed by atoms with Crippen LogP contribution >= 0.6 is 11.8 Å². The third-order valence-electron chi connectivity index (χ3n) is 2.03. The van der Waals surface area contributed by atoms with Gasteiger partial charge in [0.1, 0.15) is 6.07 Å². The third-order valence-corrected chi connectivity index (χ3v) is 2.94. The van der Waals surface area contributed by atoms with E-state index >= 15 is 0 Å². The maximum absolute atomic E-state index is 8.87. The van der Waals surface area contributed by atoms with E-state index in [1.54, 1.807) is 18.5 Å². The van der Waals surface area contributed by atoms with Gasteiger partial charge >= 0.3 is 0 Å². The number of hydrogen-bond donors (Lipinski definition) is 1. The summed E-state index contributed by atoms with van der Waals surface area (Å²) in [6, 6.07) is 3.87. The van der Waals surface area contributed by atoms with Gasteiger partial charge in [0, 0.05) is 12.7 Å². The SMILES string of the molecule is CSCC(C)CNc1cnccc1C#N. The maximum Gasteiger partial charge on any atom is 0.101 e. The Morgan fingerprint density at radius 2 is 2.47 bits per heavy atom. The van der Waals surface area contributed by atoms with Gasteiger partial charge in [-0.1, -0.05) is 6.92 Å². The van der Waals surface area contributed by atoms with Gasteiger partial charge in [-0.05, 0) is 24.0 Å². The Hall–Kier alpha value is -1.21. The zero-order chi connectivity index (χ0) is 11.1. The molecule has 3 nitrogen and oxygen atoms in total. The zero-order valence-electron chi connectivity index (χ0n) is 9.03. The quantitative estimate of drug-likeness (QED) is 0.829. The van der Waals surface area contributed by atoms with Crippen LogP contribution in [0.25, 0.3) is 0 Å². The lowest BCUT2D eigenvalue weighted by atomic mass is 10.2. The summed E-state index contributed by atoms with van der Waals surface area (Å²) in [6.07, 6.45) is 5.43. The monoisotopic (exact) mass is 221 g/mol. The fourth-order valence-electron chi connectivity index (χ4n) is 1.26. The summed E-state index contributed by atoms with van der Waals surface area (Å²) in [5, 5.41) is 12.1. The molecule has 0 radical (unpaired) electrons. The van der Waals surface area contributed by atoms with Crippen molar-refractivity contribution in [1.29, 1.82) is 5.26 Å². The fraction of sp³-hybridized carbons (Fsp3) is 0.455. The summed E-state index contributed by atoms with van der Waals surface area (Å²) < 4.78 is 0. The molecule has 0 spiro atoms. The van der Waals surface area contributed by atoms with Gasteiger partial charge < -0.3 is 5.32 Å². The summed E-state index contributed by atoms with van der Waals surface area (Å²) in [5.41, 5.74) is 1.48. The predicted molar refractivity (Wildman–Crippen MR) is 65.0 cm³/mol. The van der Waals surface area contributed by atoms with Gasteiger partial charge in [0.05, 0.1) is 17.4 Å². The van der Waals surface area contributed by atoms with Crippen molar-refractivity contribution in [2.75, 3.05) is 23.9 Å². The van der Waals surface area contributed by atoms with Crippen molar-refractivity contribution in [1.82, 2.24) is 4.98 Å². The van der Waals surface area contributed by atoms with Crippen LogP contribution in [-0.4, -0.2) is 23.5 Å². The number of rotatable bonds is 5. The van der Waals surface area contributed by atoms with Crippen molar-refractivity contribution in [2.45, 2.75) is 6.92 Å². The summed E-state index contributed by atoms with van der Waals surface area (Å²) in [7, 11) is 0. The normalized spacial score (nSPS) is 11.8. The van der Waals surface area contributed by atoms with E-state index in [0.29, 0.717) is 11.5 Å². The smallest absolute Gasteiger partial charge is 0.101 e. The largest absolute Gasteiger partial charge is 0.382 e. The van der Waals surface area contributed by atoms with E-state index in [9.17, 15) is 0 Å². The molecule has 0 aliphatic rings. The van der Waals surface area contributed by atoms with Crippen LogP contribution in [0.5, 0.6) is 0 Å². The van der Waals surface area contributed by atoms with Crippen LogP contribution in [0.4, 0.5) is 5.69 Å². The highest BCUT2D eigenvalue weighted by molar-refractivity contribution is 7.98. The van der Waals surface area contributed by atoms with Crippen molar-refractivity contribution in [3.05, 3.63) is 24.0 Å². The van der Waals surface area contributed by atoms with Gasteiger partial charge in [-0.3, -0.25) is 4.98 Å². The molecular formula is C11H15N3S. The van der Waals surface area contributed by atoms with E-state index < -0.39 is 0 Å². The number of anilines is 1. The minimum absolute atomic E-state index is 0.590. The van der Waals surface area contributed by atoms with E-state index in [2.05, 4.69) is 29.5 Å². The average Bonchev–Trinajstić information content (AvgIpc) is 2.27. The molecule has 1 aromatic rings. The van der Waals surface area contributed by atoms with Crippen LogP contribution in [0.3, 0.4) is 0 Å². The number of aromatic nitrogens is 1. The molecule has 0 saturated carbocycles. The Labute approximate surface area is 94.9 Å². The number of thioether (sulfide) groups is 1. The fourth-order valence-corrected chi connectivity index (χ4v) is 1.95. The minimum Gasteiger partial charge on any atom is -0.382 e. The first-order valence-electron chi connectivity index (χ1n) is 4.85. The molecule has 1 atom stereocenters.